The first-order valence-corrected chi connectivity index (χ1v) is 8.21. The summed E-state index contributed by atoms with van der Waals surface area (Å²) in [6.07, 6.45) is 9.17. The van der Waals surface area contributed by atoms with Crippen LogP contribution in [0.25, 0.3) is 0 Å². The Bertz CT molecular complexity index is 516. The maximum Gasteiger partial charge on any atom is 0.128 e. The summed E-state index contributed by atoms with van der Waals surface area (Å²) in [6, 6.07) is 4.46. The van der Waals surface area contributed by atoms with Gasteiger partial charge in [-0.2, -0.15) is 0 Å². The molecule has 2 heterocycles. The second-order valence-corrected chi connectivity index (χ2v) is 6.87. The monoisotopic (exact) mass is 272 g/mol. The van der Waals surface area contributed by atoms with Crippen LogP contribution in [0.5, 0.6) is 0 Å². The Morgan fingerprint density at radius 1 is 1.15 bits per heavy atom. The number of hydrogen-bond donors (Lipinski definition) is 1. The molecule has 0 spiro atoms. The molecular weight excluding hydrogens is 248 g/mol. The quantitative estimate of drug-likeness (QED) is 0.854. The minimum absolute atomic E-state index is 0.383. The molecule has 3 aliphatic rings. The maximum absolute atomic E-state index is 10.8. The molecule has 108 valence electrons. The van der Waals surface area contributed by atoms with Crippen LogP contribution >= 0.6 is 0 Å². The van der Waals surface area contributed by atoms with Gasteiger partial charge in [-0.15, -0.1) is 0 Å². The second-order valence-electron chi connectivity index (χ2n) is 6.87. The van der Waals surface area contributed by atoms with Crippen molar-refractivity contribution >= 4 is 5.82 Å². The van der Waals surface area contributed by atoms with Gasteiger partial charge < -0.3 is 10.0 Å². The fourth-order valence-corrected chi connectivity index (χ4v) is 4.36. The van der Waals surface area contributed by atoms with E-state index in [1.54, 1.807) is 0 Å². The number of rotatable bonds is 1. The number of piperidine rings is 1. The zero-order chi connectivity index (χ0) is 13.6. The predicted molar refractivity (Wildman–Crippen MR) is 80.0 cm³/mol. The van der Waals surface area contributed by atoms with E-state index in [2.05, 4.69) is 17.0 Å². The molecule has 1 aliphatic heterocycles. The van der Waals surface area contributed by atoms with E-state index >= 15 is 0 Å². The number of anilines is 1. The molecule has 0 aromatic carbocycles. The first kappa shape index (κ1) is 12.6. The Kier molecular flexibility index (Phi) is 2.99. The SMILES string of the molecule is OC12CCCCC1CN(c1ccc3c(n1)CCC3)CC2. The van der Waals surface area contributed by atoms with E-state index in [4.69, 9.17) is 4.98 Å². The Morgan fingerprint density at radius 2 is 2.10 bits per heavy atom. The Hall–Kier alpha value is -1.09. The largest absolute Gasteiger partial charge is 0.389 e. The van der Waals surface area contributed by atoms with E-state index < -0.39 is 0 Å². The summed E-state index contributed by atoms with van der Waals surface area (Å²) in [5, 5.41) is 10.8. The summed E-state index contributed by atoms with van der Waals surface area (Å²) in [4.78, 5) is 7.29. The van der Waals surface area contributed by atoms with Crippen molar-refractivity contribution in [2.24, 2.45) is 5.92 Å². The summed E-state index contributed by atoms with van der Waals surface area (Å²) in [5.74, 6) is 1.58. The van der Waals surface area contributed by atoms with Crippen molar-refractivity contribution in [3.63, 3.8) is 0 Å². The number of nitrogens with zero attached hydrogens (tertiary/aromatic N) is 2. The molecule has 2 aliphatic carbocycles. The van der Waals surface area contributed by atoms with Gasteiger partial charge in [0, 0.05) is 24.7 Å². The van der Waals surface area contributed by atoms with Crippen LogP contribution in [0.1, 0.15) is 49.8 Å². The van der Waals surface area contributed by atoms with E-state index in [0.717, 1.165) is 38.2 Å². The summed E-state index contributed by atoms with van der Waals surface area (Å²) >= 11 is 0. The molecule has 1 saturated carbocycles. The lowest BCUT2D eigenvalue weighted by molar-refractivity contribution is -0.0613. The average molecular weight is 272 g/mol. The van der Waals surface area contributed by atoms with Crippen LogP contribution in [-0.2, 0) is 12.8 Å². The minimum atomic E-state index is -0.383. The van der Waals surface area contributed by atoms with Crippen LogP contribution in [0.3, 0.4) is 0 Å². The van der Waals surface area contributed by atoms with Crippen LogP contribution in [0, 0.1) is 5.92 Å². The highest BCUT2D eigenvalue weighted by molar-refractivity contribution is 5.44. The maximum atomic E-state index is 10.8. The Labute approximate surface area is 121 Å². The van der Waals surface area contributed by atoms with Gasteiger partial charge in [0.05, 0.1) is 5.60 Å². The fraction of sp³-hybridized carbons (Fsp3) is 0.706. The van der Waals surface area contributed by atoms with Crippen LogP contribution in [-0.4, -0.2) is 28.8 Å². The molecular formula is C17H24N2O. The van der Waals surface area contributed by atoms with E-state index in [1.165, 1.54) is 43.4 Å². The third kappa shape index (κ3) is 2.03. The Balaban J connectivity index is 1.55. The van der Waals surface area contributed by atoms with E-state index in [0.29, 0.717) is 5.92 Å². The molecule has 1 aromatic rings. The molecule has 4 rings (SSSR count). The zero-order valence-electron chi connectivity index (χ0n) is 12.1. The number of fused-ring (bicyclic) bond motifs is 2. The number of pyridine rings is 1. The smallest absolute Gasteiger partial charge is 0.128 e. The van der Waals surface area contributed by atoms with Gasteiger partial charge in [-0.05, 0) is 50.2 Å². The van der Waals surface area contributed by atoms with Crippen LogP contribution in [0.4, 0.5) is 5.82 Å². The van der Waals surface area contributed by atoms with Crippen molar-refractivity contribution in [2.45, 2.75) is 57.0 Å². The molecule has 0 amide bonds. The summed E-state index contributed by atoms with van der Waals surface area (Å²) in [6.45, 7) is 1.95. The fourth-order valence-electron chi connectivity index (χ4n) is 4.36. The van der Waals surface area contributed by atoms with Gasteiger partial charge in [-0.1, -0.05) is 18.9 Å². The molecule has 20 heavy (non-hydrogen) atoms. The average Bonchev–Trinajstić information content (AvgIpc) is 2.93. The summed E-state index contributed by atoms with van der Waals surface area (Å²) in [5.41, 5.74) is 2.37. The van der Waals surface area contributed by atoms with Crippen molar-refractivity contribution < 1.29 is 5.11 Å². The van der Waals surface area contributed by atoms with Gasteiger partial charge >= 0.3 is 0 Å². The molecule has 0 radical (unpaired) electrons. The highest BCUT2D eigenvalue weighted by Crippen LogP contribution is 2.40. The van der Waals surface area contributed by atoms with Gasteiger partial charge in [0.15, 0.2) is 0 Å². The van der Waals surface area contributed by atoms with Crippen molar-refractivity contribution in [2.75, 3.05) is 18.0 Å². The third-order valence-electron chi connectivity index (χ3n) is 5.67. The first-order valence-electron chi connectivity index (χ1n) is 8.21. The van der Waals surface area contributed by atoms with Crippen molar-refractivity contribution in [1.82, 2.24) is 4.98 Å². The van der Waals surface area contributed by atoms with Crippen molar-refractivity contribution in [3.05, 3.63) is 23.4 Å². The van der Waals surface area contributed by atoms with E-state index in [9.17, 15) is 5.11 Å². The first-order chi connectivity index (χ1) is 9.74. The normalized spacial score (nSPS) is 32.9. The molecule has 2 fully saturated rings. The molecule has 3 nitrogen and oxygen atoms in total. The number of aryl methyl sites for hydroxylation is 2. The lowest BCUT2D eigenvalue weighted by atomic mass is 9.71. The minimum Gasteiger partial charge on any atom is -0.389 e. The number of aliphatic hydroxyl groups is 1. The van der Waals surface area contributed by atoms with Gasteiger partial charge in [-0.25, -0.2) is 4.98 Å². The molecule has 1 N–H and O–H groups in total. The zero-order valence-corrected chi connectivity index (χ0v) is 12.1. The van der Waals surface area contributed by atoms with Gasteiger partial charge in [-0.3, -0.25) is 0 Å². The van der Waals surface area contributed by atoms with Crippen molar-refractivity contribution in [3.8, 4) is 0 Å². The molecule has 1 aromatic heterocycles. The number of hydrogen-bond acceptors (Lipinski definition) is 3. The molecule has 2 unspecified atom stereocenters. The molecule has 2 atom stereocenters. The highest BCUT2D eigenvalue weighted by Gasteiger charge is 2.43. The molecule has 3 heteroatoms. The van der Waals surface area contributed by atoms with E-state index in [1.807, 2.05) is 0 Å². The topological polar surface area (TPSA) is 36.4 Å². The van der Waals surface area contributed by atoms with E-state index in [-0.39, 0.29) is 5.60 Å². The second kappa shape index (κ2) is 4.73. The predicted octanol–water partition coefficient (Wildman–Crippen LogP) is 2.70. The summed E-state index contributed by atoms with van der Waals surface area (Å²) < 4.78 is 0. The van der Waals surface area contributed by atoms with Crippen LogP contribution < -0.4 is 4.90 Å². The van der Waals surface area contributed by atoms with Crippen LogP contribution in [0.15, 0.2) is 12.1 Å². The van der Waals surface area contributed by atoms with Gasteiger partial charge in [0.2, 0.25) is 0 Å². The highest BCUT2D eigenvalue weighted by atomic mass is 16.3. The summed E-state index contributed by atoms with van der Waals surface area (Å²) in [7, 11) is 0. The molecule has 0 bridgehead atoms. The lowest BCUT2D eigenvalue weighted by Crippen LogP contribution is -2.53. The van der Waals surface area contributed by atoms with Crippen LogP contribution in [0.2, 0.25) is 0 Å². The van der Waals surface area contributed by atoms with Gasteiger partial charge in [0.1, 0.15) is 5.82 Å². The Morgan fingerprint density at radius 3 is 3.05 bits per heavy atom. The lowest BCUT2D eigenvalue weighted by Gasteiger charge is -2.47. The standard InChI is InChI=1S/C17H24N2O/c20-17-9-2-1-5-14(17)12-19(11-10-17)16-8-7-13-4-3-6-15(13)18-16/h7-8,14,20H,1-6,9-12H2. The third-order valence-corrected chi connectivity index (χ3v) is 5.67. The number of aromatic nitrogens is 1. The van der Waals surface area contributed by atoms with Gasteiger partial charge in [0.25, 0.3) is 0 Å². The van der Waals surface area contributed by atoms with Crippen molar-refractivity contribution in [1.29, 1.82) is 0 Å². The molecule has 1 saturated heterocycles.